The van der Waals surface area contributed by atoms with E-state index in [2.05, 4.69) is 40.2 Å². The number of nitrogen functional groups attached to an aromatic ring is 1. The second kappa shape index (κ2) is 6.62. The van der Waals surface area contributed by atoms with Crippen LogP contribution in [0, 0.1) is 11.3 Å². The van der Waals surface area contributed by atoms with Crippen LogP contribution >= 0.6 is 0 Å². The summed E-state index contributed by atoms with van der Waals surface area (Å²) in [6, 6.07) is 14.2. The lowest BCUT2D eigenvalue weighted by Crippen LogP contribution is -2.31. The van der Waals surface area contributed by atoms with Crippen LogP contribution in [0.2, 0.25) is 0 Å². The number of fused-ring (bicyclic) bond motifs is 2. The number of rotatable bonds is 3. The van der Waals surface area contributed by atoms with Crippen molar-refractivity contribution in [1.29, 1.82) is 5.26 Å². The van der Waals surface area contributed by atoms with Gasteiger partial charge in [0.2, 0.25) is 5.88 Å². The van der Waals surface area contributed by atoms with Gasteiger partial charge in [-0.25, -0.2) is 4.98 Å². The van der Waals surface area contributed by atoms with Gasteiger partial charge < -0.3 is 10.5 Å². The number of hydrogen-bond donors (Lipinski definition) is 1. The molecule has 4 rings (SSSR count). The summed E-state index contributed by atoms with van der Waals surface area (Å²) in [5, 5.41) is 10.0. The molecule has 6 nitrogen and oxygen atoms in total. The molecule has 130 valence electrons. The van der Waals surface area contributed by atoms with Crippen LogP contribution in [0.15, 0.2) is 36.4 Å². The Hall–Kier alpha value is -3.17. The third-order valence-electron chi connectivity index (χ3n) is 4.78. The van der Waals surface area contributed by atoms with E-state index in [9.17, 15) is 5.26 Å². The Bertz CT molecular complexity index is 1010. The molecule has 0 spiro atoms. The summed E-state index contributed by atoms with van der Waals surface area (Å²) in [4.78, 5) is 11.4. The van der Waals surface area contributed by atoms with Crippen LogP contribution in [-0.2, 0) is 19.5 Å². The standard InChI is InChI=1S/C20H19N5O/c1-26-20-14(10-21)9-15-18(22)16-12-25(11-13-5-3-2-4-6-13)8-7-17(16)23-19(15)24-20/h2-6,9H,7-8,11-12H2,1H3,(H2,22,23,24). The number of nitrogens with two attached hydrogens (primary N) is 1. The molecule has 0 fully saturated rings. The number of aromatic nitrogens is 2. The minimum absolute atomic E-state index is 0.286. The minimum Gasteiger partial charge on any atom is -0.480 e. The highest BCUT2D eigenvalue weighted by Crippen LogP contribution is 2.32. The SMILES string of the molecule is COc1nc2nc3c(c(N)c2cc1C#N)CN(Cc1ccccc1)CC3. The van der Waals surface area contributed by atoms with Crippen molar-refractivity contribution in [2.45, 2.75) is 19.5 Å². The molecule has 1 aromatic carbocycles. The van der Waals surface area contributed by atoms with E-state index in [1.54, 1.807) is 6.07 Å². The van der Waals surface area contributed by atoms with Crippen LogP contribution in [0.5, 0.6) is 5.88 Å². The van der Waals surface area contributed by atoms with Gasteiger partial charge in [-0.15, -0.1) is 0 Å². The summed E-state index contributed by atoms with van der Waals surface area (Å²) < 4.78 is 5.19. The molecule has 2 aromatic heterocycles. The fourth-order valence-corrected chi connectivity index (χ4v) is 3.45. The molecule has 0 aliphatic carbocycles. The van der Waals surface area contributed by atoms with Crippen molar-refractivity contribution in [2.75, 3.05) is 19.4 Å². The number of methoxy groups -OCH3 is 1. The third-order valence-corrected chi connectivity index (χ3v) is 4.78. The summed E-state index contributed by atoms with van der Waals surface area (Å²) in [5.74, 6) is 0.286. The van der Waals surface area contributed by atoms with Crippen LogP contribution in [0.3, 0.4) is 0 Å². The van der Waals surface area contributed by atoms with E-state index in [-0.39, 0.29) is 5.88 Å². The number of pyridine rings is 2. The molecule has 0 amide bonds. The lowest BCUT2D eigenvalue weighted by atomic mass is 10.0. The Kier molecular flexibility index (Phi) is 4.15. The van der Waals surface area contributed by atoms with Gasteiger partial charge in [0.25, 0.3) is 0 Å². The first-order valence-electron chi connectivity index (χ1n) is 8.52. The molecule has 2 N–H and O–H groups in total. The molecule has 3 heterocycles. The molecule has 3 aromatic rings. The number of nitriles is 1. The molecule has 0 unspecified atom stereocenters. The molecule has 26 heavy (non-hydrogen) atoms. The lowest BCUT2D eigenvalue weighted by molar-refractivity contribution is 0.244. The summed E-state index contributed by atoms with van der Waals surface area (Å²) >= 11 is 0. The van der Waals surface area contributed by atoms with Crippen LogP contribution in [0.25, 0.3) is 11.0 Å². The quantitative estimate of drug-likeness (QED) is 0.785. The van der Waals surface area contributed by atoms with Crippen LogP contribution in [0.1, 0.15) is 22.4 Å². The van der Waals surface area contributed by atoms with E-state index in [1.807, 2.05) is 6.07 Å². The third kappa shape index (κ3) is 2.83. The number of hydrogen-bond acceptors (Lipinski definition) is 6. The first-order chi connectivity index (χ1) is 12.7. The molecule has 0 radical (unpaired) electrons. The first-order valence-corrected chi connectivity index (χ1v) is 8.52. The van der Waals surface area contributed by atoms with Gasteiger partial charge in [0.15, 0.2) is 5.65 Å². The Balaban J connectivity index is 1.72. The maximum absolute atomic E-state index is 9.31. The normalized spacial score (nSPS) is 14.0. The van der Waals surface area contributed by atoms with Crippen LogP contribution in [-0.4, -0.2) is 28.5 Å². The molecule has 1 aliphatic heterocycles. The fraction of sp³-hybridized carbons (Fsp3) is 0.250. The molecule has 0 saturated carbocycles. The summed E-state index contributed by atoms with van der Waals surface area (Å²) in [6.45, 7) is 2.54. The van der Waals surface area contributed by atoms with Crippen molar-refractivity contribution in [2.24, 2.45) is 0 Å². The van der Waals surface area contributed by atoms with Gasteiger partial charge >= 0.3 is 0 Å². The van der Waals surface area contributed by atoms with Crippen molar-refractivity contribution < 1.29 is 4.74 Å². The first kappa shape index (κ1) is 16.3. The van der Waals surface area contributed by atoms with Gasteiger partial charge in [0.1, 0.15) is 11.6 Å². The number of ether oxygens (including phenoxy) is 1. The number of nitrogens with zero attached hydrogens (tertiary/aromatic N) is 4. The van der Waals surface area contributed by atoms with Crippen LogP contribution in [0.4, 0.5) is 5.69 Å². The van der Waals surface area contributed by atoms with E-state index in [0.29, 0.717) is 22.3 Å². The van der Waals surface area contributed by atoms with Crippen molar-refractivity contribution >= 4 is 16.7 Å². The highest BCUT2D eigenvalue weighted by atomic mass is 16.5. The Labute approximate surface area is 151 Å². The van der Waals surface area contributed by atoms with Crippen LogP contribution < -0.4 is 10.5 Å². The van der Waals surface area contributed by atoms with E-state index >= 15 is 0 Å². The second-order valence-corrected chi connectivity index (χ2v) is 6.43. The molecule has 1 aliphatic rings. The maximum atomic E-state index is 9.31. The van der Waals surface area contributed by atoms with Crippen molar-refractivity contribution in [3.63, 3.8) is 0 Å². The van der Waals surface area contributed by atoms with E-state index in [4.69, 9.17) is 15.5 Å². The number of benzene rings is 1. The molecule has 0 bridgehead atoms. The Morgan fingerprint density at radius 3 is 2.81 bits per heavy atom. The Morgan fingerprint density at radius 1 is 1.27 bits per heavy atom. The van der Waals surface area contributed by atoms with Gasteiger partial charge in [-0.05, 0) is 11.6 Å². The smallest absolute Gasteiger partial charge is 0.233 e. The lowest BCUT2D eigenvalue weighted by Gasteiger charge is -2.29. The minimum atomic E-state index is 0.286. The van der Waals surface area contributed by atoms with E-state index in [0.717, 1.165) is 37.3 Å². The monoisotopic (exact) mass is 345 g/mol. The molecule has 0 saturated heterocycles. The van der Waals surface area contributed by atoms with E-state index < -0.39 is 0 Å². The predicted octanol–water partition coefficient (Wildman–Crippen LogP) is 2.65. The average Bonchev–Trinajstić information content (AvgIpc) is 2.68. The maximum Gasteiger partial charge on any atom is 0.233 e. The second-order valence-electron chi connectivity index (χ2n) is 6.43. The Morgan fingerprint density at radius 2 is 2.08 bits per heavy atom. The number of anilines is 1. The average molecular weight is 345 g/mol. The largest absolute Gasteiger partial charge is 0.480 e. The summed E-state index contributed by atoms with van der Waals surface area (Å²) in [7, 11) is 1.50. The van der Waals surface area contributed by atoms with Gasteiger partial charge in [0, 0.05) is 42.7 Å². The van der Waals surface area contributed by atoms with Gasteiger partial charge in [0.05, 0.1) is 12.8 Å². The van der Waals surface area contributed by atoms with Gasteiger partial charge in [-0.2, -0.15) is 10.2 Å². The van der Waals surface area contributed by atoms with Gasteiger partial charge in [-0.1, -0.05) is 30.3 Å². The van der Waals surface area contributed by atoms with Crippen molar-refractivity contribution in [1.82, 2.24) is 14.9 Å². The highest BCUT2D eigenvalue weighted by molar-refractivity contribution is 5.91. The van der Waals surface area contributed by atoms with Gasteiger partial charge in [-0.3, -0.25) is 4.90 Å². The molecule has 0 atom stereocenters. The van der Waals surface area contributed by atoms with E-state index in [1.165, 1.54) is 12.7 Å². The zero-order valence-electron chi connectivity index (χ0n) is 14.6. The molecular formula is C20H19N5O. The summed E-state index contributed by atoms with van der Waals surface area (Å²) in [5.41, 5.74) is 11.3. The predicted molar refractivity (Wildman–Crippen MR) is 99.5 cm³/mol. The molecule has 6 heteroatoms. The topological polar surface area (TPSA) is 88.1 Å². The molecular weight excluding hydrogens is 326 g/mol. The summed E-state index contributed by atoms with van der Waals surface area (Å²) in [6.07, 6.45) is 0.826. The highest BCUT2D eigenvalue weighted by Gasteiger charge is 2.23. The zero-order valence-corrected chi connectivity index (χ0v) is 14.6. The van der Waals surface area contributed by atoms with Crippen molar-refractivity contribution in [3.8, 4) is 11.9 Å². The fourth-order valence-electron chi connectivity index (χ4n) is 3.45. The zero-order chi connectivity index (χ0) is 18.1. The van der Waals surface area contributed by atoms with Crippen molar-refractivity contribution in [3.05, 3.63) is 58.8 Å².